The Morgan fingerprint density at radius 3 is 2.39 bits per heavy atom. The molecular weight excluding hydrogens is 252 g/mol. The van der Waals surface area contributed by atoms with Gasteiger partial charge in [0.2, 0.25) is 5.91 Å². The van der Waals surface area contributed by atoms with E-state index in [0.29, 0.717) is 5.41 Å². The van der Waals surface area contributed by atoms with Crippen LogP contribution in [0.3, 0.4) is 0 Å². The van der Waals surface area contributed by atoms with E-state index in [1.807, 2.05) is 0 Å². The summed E-state index contributed by atoms with van der Waals surface area (Å²) >= 11 is 5.45. The number of amides is 3. The molecule has 0 radical (unpaired) electrons. The summed E-state index contributed by atoms with van der Waals surface area (Å²) in [6, 6.07) is -0.0725. The number of nitrogens with one attached hydrogen (secondary N) is 1. The summed E-state index contributed by atoms with van der Waals surface area (Å²) in [6.45, 7) is 4.51. The van der Waals surface area contributed by atoms with Crippen LogP contribution in [0.25, 0.3) is 0 Å². The molecule has 0 unspecified atom stereocenters. The summed E-state index contributed by atoms with van der Waals surface area (Å²) in [5.74, 6) is -0.0709. The Kier molecular flexibility index (Phi) is 5.45. The third kappa shape index (κ3) is 4.48. The highest BCUT2D eigenvalue weighted by Crippen LogP contribution is 2.36. The molecule has 1 aliphatic carbocycles. The van der Waals surface area contributed by atoms with Crippen molar-refractivity contribution < 1.29 is 9.59 Å². The van der Waals surface area contributed by atoms with E-state index in [-0.39, 0.29) is 30.3 Å². The molecule has 0 aliphatic heterocycles. The van der Waals surface area contributed by atoms with Crippen molar-refractivity contribution in [1.29, 1.82) is 0 Å². The Balaban J connectivity index is 2.42. The van der Waals surface area contributed by atoms with E-state index in [1.165, 1.54) is 0 Å². The van der Waals surface area contributed by atoms with Crippen molar-refractivity contribution in [3.63, 3.8) is 0 Å². The monoisotopic (exact) mass is 274 g/mol. The van der Waals surface area contributed by atoms with Gasteiger partial charge < -0.3 is 4.90 Å². The van der Waals surface area contributed by atoms with Crippen LogP contribution in [0, 0.1) is 5.41 Å². The third-order valence-corrected chi connectivity index (χ3v) is 3.93. The number of imide groups is 1. The predicted octanol–water partition coefficient (Wildman–Crippen LogP) is 2.75. The van der Waals surface area contributed by atoms with Gasteiger partial charge in [0, 0.05) is 25.4 Å². The first-order valence-electron chi connectivity index (χ1n) is 6.48. The molecule has 18 heavy (non-hydrogen) atoms. The highest BCUT2D eigenvalue weighted by Gasteiger charge is 2.30. The van der Waals surface area contributed by atoms with E-state index in [4.69, 9.17) is 11.6 Å². The van der Waals surface area contributed by atoms with Crippen molar-refractivity contribution >= 4 is 23.5 Å². The van der Waals surface area contributed by atoms with Crippen LogP contribution in [0.1, 0.15) is 46.0 Å². The lowest BCUT2D eigenvalue weighted by Crippen LogP contribution is -2.47. The Morgan fingerprint density at radius 1 is 1.33 bits per heavy atom. The van der Waals surface area contributed by atoms with Crippen LogP contribution in [0.15, 0.2) is 0 Å². The van der Waals surface area contributed by atoms with Crippen molar-refractivity contribution in [1.82, 2.24) is 10.2 Å². The van der Waals surface area contributed by atoms with Gasteiger partial charge in [-0.3, -0.25) is 10.1 Å². The van der Waals surface area contributed by atoms with Gasteiger partial charge in [0.15, 0.2) is 0 Å². The molecule has 104 valence electrons. The maximum absolute atomic E-state index is 11.8. The molecule has 1 rings (SSSR count). The van der Waals surface area contributed by atoms with Crippen molar-refractivity contribution in [3.05, 3.63) is 0 Å². The molecule has 1 saturated carbocycles. The molecule has 0 aromatic carbocycles. The van der Waals surface area contributed by atoms with Crippen LogP contribution in [0.5, 0.6) is 0 Å². The number of hydrogen-bond acceptors (Lipinski definition) is 2. The lowest BCUT2D eigenvalue weighted by molar-refractivity contribution is -0.119. The summed E-state index contributed by atoms with van der Waals surface area (Å²) in [4.78, 5) is 24.8. The molecule has 0 saturated heterocycles. The van der Waals surface area contributed by atoms with Crippen molar-refractivity contribution in [3.8, 4) is 0 Å². The van der Waals surface area contributed by atoms with Crippen LogP contribution in [0.4, 0.5) is 4.79 Å². The first kappa shape index (κ1) is 15.3. The molecule has 0 spiro atoms. The number of hydrogen-bond donors (Lipinski definition) is 1. The van der Waals surface area contributed by atoms with E-state index in [9.17, 15) is 9.59 Å². The van der Waals surface area contributed by atoms with Crippen LogP contribution < -0.4 is 5.32 Å². The molecule has 4 nitrogen and oxygen atoms in total. The minimum absolute atomic E-state index is 0.179. The van der Waals surface area contributed by atoms with Gasteiger partial charge in [-0.1, -0.05) is 13.8 Å². The molecular formula is C13H23ClN2O2. The lowest BCUT2D eigenvalue weighted by atomic mass is 9.75. The smallest absolute Gasteiger partial charge is 0.324 e. The van der Waals surface area contributed by atoms with Gasteiger partial charge in [-0.25, -0.2) is 4.79 Å². The minimum atomic E-state index is -0.310. The van der Waals surface area contributed by atoms with Gasteiger partial charge in [-0.15, -0.1) is 11.6 Å². The summed E-state index contributed by atoms with van der Waals surface area (Å²) in [6.07, 6.45) is 4.41. The number of halogens is 1. The second kappa shape index (κ2) is 6.41. The number of carbonyl (C=O) groups excluding carboxylic acids is 2. The fourth-order valence-corrected chi connectivity index (χ4v) is 2.46. The molecule has 0 aromatic heterocycles. The molecule has 1 fully saturated rings. The highest BCUT2D eigenvalue weighted by atomic mass is 35.5. The Hall–Kier alpha value is -0.770. The average molecular weight is 275 g/mol. The minimum Gasteiger partial charge on any atom is -0.325 e. The lowest BCUT2D eigenvalue weighted by Gasteiger charge is -2.38. The molecule has 1 aliphatic rings. The molecule has 0 atom stereocenters. The van der Waals surface area contributed by atoms with E-state index in [2.05, 4.69) is 19.2 Å². The summed E-state index contributed by atoms with van der Waals surface area (Å²) in [5.41, 5.74) is 0.377. The Morgan fingerprint density at radius 2 is 1.89 bits per heavy atom. The van der Waals surface area contributed by atoms with Crippen LogP contribution in [0.2, 0.25) is 0 Å². The molecule has 3 amide bonds. The van der Waals surface area contributed by atoms with Crippen molar-refractivity contribution in [2.45, 2.75) is 52.0 Å². The quantitative estimate of drug-likeness (QED) is 0.805. The van der Waals surface area contributed by atoms with E-state index >= 15 is 0 Å². The number of carbonyl (C=O) groups is 2. The summed E-state index contributed by atoms with van der Waals surface area (Å²) in [7, 11) is 1.76. The number of nitrogens with zero attached hydrogens (tertiary/aromatic N) is 1. The second-order valence-corrected chi connectivity index (χ2v) is 6.18. The van der Waals surface area contributed by atoms with E-state index in [1.54, 1.807) is 11.9 Å². The summed E-state index contributed by atoms with van der Waals surface area (Å²) in [5, 5.41) is 2.36. The van der Waals surface area contributed by atoms with Crippen molar-refractivity contribution in [2.75, 3.05) is 12.9 Å². The van der Waals surface area contributed by atoms with Gasteiger partial charge in [-0.2, -0.15) is 0 Å². The molecule has 0 bridgehead atoms. The Labute approximate surface area is 114 Å². The van der Waals surface area contributed by atoms with Gasteiger partial charge in [0.25, 0.3) is 0 Å². The zero-order valence-corrected chi connectivity index (χ0v) is 12.2. The standard InChI is InChI=1S/C13H23ClN2O2/c1-13(2)7-4-10(5-8-13)16(3)12(18)15-11(17)6-9-14/h10H,4-9H2,1-3H3,(H,15,17,18). The maximum atomic E-state index is 11.8. The normalized spacial score (nSPS) is 19.3. The molecule has 5 heteroatoms. The second-order valence-electron chi connectivity index (χ2n) is 5.80. The van der Waals surface area contributed by atoms with Crippen LogP contribution in [-0.4, -0.2) is 35.8 Å². The van der Waals surface area contributed by atoms with Crippen molar-refractivity contribution in [2.24, 2.45) is 5.41 Å². The third-order valence-electron chi connectivity index (χ3n) is 3.74. The SMILES string of the molecule is CN(C(=O)NC(=O)CCCl)C1CCC(C)(C)CC1. The Bertz CT molecular complexity index is 308. The van der Waals surface area contributed by atoms with Gasteiger partial charge in [0.05, 0.1) is 0 Å². The number of rotatable bonds is 3. The summed E-state index contributed by atoms with van der Waals surface area (Å²) < 4.78 is 0. The largest absolute Gasteiger partial charge is 0.325 e. The fraction of sp³-hybridized carbons (Fsp3) is 0.846. The number of alkyl halides is 1. The zero-order valence-electron chi connectivity index (χ0n) is 11.5. The number of urea groups is 1. The van der Waals surface area contributed by atoms with Crippen LogP contribution >= 0.6 is 11.6 Å². The molecule has 0 heterocycles. The zero-order chi connectivity index (χ0) is 13.8. The first-order valence-corrected chi connectivity index (χ1v) is 7.02. The average Bonchev–Trinajstić information content (AvgIpc) is 2.28. The molecule has 1 N–H and O–H groups in total. The highest BCUT2D eigenvalue weighted by molar-refractivity contribution is 6.19. The van der Waals surface area contributed by atoms with Gasteiger partial charge in [0.1, 0.15) is 0 Å². The molecule has 0 aromatic rings. The fourth-order valence-electron chi connectivity index (χ4n) is 2.29. The maximum Gasteiger partial charge on any atom is 0.324 e. The van der Waals surface area contributed by atoms with Crippen LogP contribution in [-0.2, 0) is 4.79 Å². The van der Waals surface area contributed by atoms with E-state index in [0.717, 1.165) is 25.7 Å². The van der Waals surface area contributed by atoms with E-state index < -0.39 is 0 Å². The van der Waals surface area contributed by atoms with Gasteiger partial charge >= 0.3 is 6.03 Å². The first-order chi connectivity index (χ1) is 8.35. The predicted molar refractivity (Wildman–Crippen MR) is 72.7 cm³/mol. The topological polar surface area (TPSA) is 49.4 Å². The van der Waals surface area contributed by atoms with Gasteiger partial charge in [-0.05, 0) is 31.1 Å².